The minimum absolute atomic E-state index is 0.338. The number of halogens is 1. The number of ether oxygens (including phenoxy) is 1. The van der Waals surface area contributed by atoms with Gasteiger partial charge in [-0.1, -0.05) is 0 Å². The number of urea groups is 1. The Balaban J connectivity index is 1.55. The zero-order valence-corrected chi connectivity index (χ0v) is 11.4. The minimum Gasteiger partial charge on any atom is -0.378 e. The predicted molar refractivity (Wildman–Crippen MR) is 74.0 cm³/mol. The number of carbonyl (C=O) groups excluding carboxylic acids is 1. The first-order chi connectivity index (χ1) is 9.74. The Morgan fingerprint density at radius 3 is 3.10 bits per heavy atom. The molecular weight excluding hydrogens is 261 g/mol. The molecule has 6 heteroatoms. The van der Waals surface area contributed by atoms with Gasteiger partial charge < -0.3 is 15.4 Å². The van der Waals surface area contributed by atoms with Crippen LogP contribution in [-0.2, 0) is 4.74 Å². The molecule has 0 unspecified atom stereocenters. The van der Waals surface area contributed by atoms with Crippen molar-refractivity contribution >= 4 is 11.7 Å². The quantitative estimate of drug-likeness (QED) is 0.788. The third-order valence-corrected chi connectivity index (χ3v) is 3.23. The second-order valence-electron chi connectivity index (χ2n) is 4.90. The number of carbonyl (C=O) groups is 1. The Bertz CT molecular complexity index is 436. The average Bonchev–Trinajstić information content (AvgIpc) is 2.91. The van der Waals surface area contributed by atoms with E-state index < -0.39 is 5.82 Å². The molecule has 1 saturated heterocycles. The molecule has 0 aliphatic carbocycles. The summed E-state index contributed by atoms with van der Waals surface area (Å²) in [5.41, 5.74) is 0.349. The normalized spacial score (nSPS) is 17.9. The summed E-state index contributed by atoms with van der Waals surface area (Å²) in [4.78, 5) is 15.2. The summed E-state index contributed by atoms with van der Waals surface area (Å²) in [5, 5.41) is 5.27. The van der Waals surface area contributed by atoms with Crippen molar-refractivity contribution in [1.82, 2.24) is 10.3 Å². The number of hydrogen-bond donors (Lipinski definition) is 2. The van der Waals surface area contributed by atoms with E-state index in [9.17, 15) is 9.18 Å². The lowest BCUT2D eigenvalue weighted by Crippen LogP contribution is -2.29. The third kappa shape index (κ3) is 5.13. The third-order valence-electron chi connectivity index (χ3n) is 3.23. The van der Waals surface area contributed by atoms with Crippen LogP contribution < -0.4 is 10.6 Å². The molecular formula is C14H20FN3O2. The van der Waals surface area contributed by atoms with Gasteiger partial charge in [0.25, 0.3) is 0 Å². The van der Waals surface area contributed by atoms with Gasteiger partial charge in [-0.3, -0.25) is 4.98 Å². The van der Waals surface area contributed by atoms with Crippen molar-refractivity contribution in [2.45, 2.75) is 38.2 Å². The van der Waals surface area contributed by atoms with Gasteiger partial charge >= 0.3 is 6.03 Å². The van der Waals surface area contributed by atoms with Crippen LogP contribution in [0.2, 0.25) is 0 Å². The molecule has 1 atom stereocenters. The van der Waals surface area contributed by atoms with Crippen molar-refractivity contribution in [2.24, 2.45) is 0 Å². The van der Waals surface area contributed by atoms with Gasteiger partial charge in [0.1, 0.15) is 5.82 Å². The van der Waals surface area contributed by atoms with Crippen LogP contribution in [0.15, 0.2) is 18.5 Å². The number of hydrogen-bond acceptors (Lipinski definition) is 3. The summed E-state index contributed by atoms with van der Waals surface area (Å²) in [6.07, 6.45) is 8.21. The molecule has 0 bridgehead atoms. The van der Waals surface area contributed by atoms with E-state index in [4.69, 9.17) is 4.74 Å². The SMILES string of the molecule is O=C(NCCCC[C@@H]1CCCO1)Nc1cncc(F)c1. The topological polar surface area (TPSA) is 63.2 Å². The van der Waals surface area contributed by atoms with Gasteiger partial charge in [-0.2, -0.15) is 0 Å². The predicted octanol–water partition coefficient (Wildman–Crippen LogP) is 2.69. The van der Waals surface area contributed by atoms with Gasteiger partial charge in [0.2, 0.25) is 0 Å². The van der Waals surface area contributed by atoms with E-state index in [0.717, 1.165) is 44.9 Å². The van der Waals surface area contributed by atoms with E-state index in [1.54, 1.807) is 0 Å². The van der Waals surface area contributed by atoms with Gasteiger partial charge in [-0.15, -0.1) is 0 Å². The molecule has 20 heavy (non-hydrogen) atoms. The van der Waals surface area contributed by atoms with Crippen LogP contribution in [0.4, 0.5) is 14.9 Å². The van der Waals surface area contributed by atoms with Crippen LogP contribution in [0.25, 0.3) is 0 Å². The lowest BCUT2D eigenvalue weighted by molar-refractivity contribution is 0.102. The Labute approximate surface area is 117 Å². The first-order valence-electron chi connectivity index (χ1n) is 7.01. The van der Waals surface area contributed by atoms with E-state index in [0.29, 0.717) is 18.3 Å². The molecule has 110 valence electrons. The number of anilines is 1. The van der Waals surface area contributed by atoms with Crippen molar-refractivity contribution in [1.29, 1.82) is 0 Å². The summed E-state index contributed by atoms with van der Waals surface area (Å²) in [7, 11) is 0. The van der Waals surface area contributed by atoms with Crippen LogP contribution in [0, 0.1) is 5.82 Å². The molecule has 0 radical (unpaired) electrons. The zero-order valence-electron chi connectivity index (χ0n) is 11.4. The van der Waals surface area contributed by atoms with Gasteiger partial charge in [-0.05, 0) is 32.1 Å². The number of unbranched alkanes of at least 4 members (excludes halogenated alkanes) is 1. The maximum Gasteiger partial charge on any atom is 0.319 e. The Morgan fingerprint density at radius 2 is 2.35 bits per heavy atom. The molecule has 2 amide bonds. The number of aromatic nitrogens is 1. The number of nitrogens with zero attached hydrogens (tertiary/aromatic N) is 1. The first-order valence-corrected chi connectivity index (χ1v) is 7.01. The van der Waals surface area contributed by atoms with Crippen LogP contribution in [0.3, 0.4) is 0 Å². The molecule has 1 aromatic rings. The monoisotopic (exact) mass is 281 g/mol. The van der Waals surface area contributed by atoms with E-state index >= 15 is 0 Å². The molecule has 1 aromatic heterocycles. The number of nitrogens with one attached hydrogen (secondary N) is 2. The largest absolute Gasteiger partial charge is 0.378 e. The Kier molecular flexibility index (Phi) is 5.73. The highest BCUT2D eigenvalue weighted by molar-refractivity contribution is 5.88. The lowest BCUT2D eigenvalue weighted by atomic mass is 10.1. The maximum atomic E-state index is 12.9. The summed E-state index contributed by atoms with van der Waals surface area (Å²) in [6.45, 7) is 1.48. The van der Waals surface area contributed by atoms with Crippen LogP contribution in [-0.4, -0.2) is 30.3 Å². The fourth-order valence-electron chi connectivity index (χ4n) is 2.23. The van der Waals surface area contributed by atoms with E-state index in [2.05, 4.69) is 15.6 Å². The van der Waals surface area contributed by atoms with Gasteiger partial charge in [-0.25, -0.2) is 9.18 Å². The molecule has 0 aromatic carbocycles. The molecule has 2 rings (SSSR count). The zero-order chi connectivity index (χ0) is 14.2. The molecule has 5 nitrogen and oxygen atoms in total. The van der Waals surface area contributed by atoms with E-state index in [1.807, 2.05) is 0 Å². The lowest BCUT2D eigenvalue weighted by Gasteiger charge is -2.09. The Morgan fingerprint density at radius 1 is 1.45 bits per heavy atom. The summed E-state index contributed by atoms with van der Waals surface area (Å²) >= 11 is 0. The van der Waals surface area contributed by atoms with Crippen LogP contribution in [0.5, 0.6) is 0 Å². The van der Waals surface area contributed by atoms with Crippen molar-refractivity contribution in [3.63, 3.8) is 0 Å². The molecule has 2 N–H and O–H groups in total. The minimum atomic E-state index is -0.473. The number of rotatable bonds is 6. The molecule has 0 spiro atoms. The maximum absolute atomic E-state index is 12.9. The van der Waals surface area contributed by atoms with Crippen molar-refractivity contribution in [3.05, 3.63) is 24.3 Å². The fourth-order valence-corrected chi connectivity index (χ4v) is 2.23. The number of amides is 2. The van der Waals surface area contributed by atoms with Crippen molar-refractivity contribution < 1.29 is 13.9 Å². The second kappa shape index (κ2) is 7.79. The summed E-state index contributed by atoms with van der Waals surface area (Å²) in [6, 6.07) is 0.888. The summed E-state index contributed by atoms with van der Waals surface area (Å²) in [5.74, 6) is -0.473. The van der Waals surface area contributed by atoms with Gasteiger partial charge in [0, 0.05) is 19.2 Å². The smallest absolute Gasteiger partial charge is 0.319 e. The highest BCUT2D eigenvalue weighted by Crippen LogP contribution is 2.17. The molecule has 0 saturated carbocycles. The van der Waals surface area contributed by atoms with E-state index in [1.165, 1.54) is 12.3 Å². The Hall–Kier alpha value is -1.69. The second-order valence-corrected chi connectivity index (χ2v) is 4.90. The standard InChI is InChI=1S/C14H20FN3O2/c15-11-8-12(10-16-9-11)18-14(19)17-6-2-1-4-13-5-3-7-20-13/h8-10,13H,1-7H2,(H2,17,18,19)/t13-/m1/s1. The van der Waals surface area contributed by atoms with Crippen molar-refractivity contribution in [3.8, 4) is 0 Å². The van der Waals surface area contributed by atoms with Crippen LogP contribution >= 0.6 is 0 Å². The van der Waals surface area contributed by atoms with Crippen molar-refractivity contribution in [2.75, 3.05) is 18.5 Å². The first kappa shape index (κ1) is 14.7. The molecule has 1 fully saturated rings. The van der Waals surface area contributed by atoms with Crippen LogP contribution in [0.1, 0.15) is 32.1 Å². The highest BCUT2D eigenvalue weighted by atomic mass is 19.1. The highest BCUT2D eigenvalue weighted by Gasteiger charge is 2.14. The summed E-state index contributed by atoms with van der Waals surface area (Å²) < 4.78 is 18.4. The molecule has 1 aliphatic rings. The molecule has 1 aliphatic heterocycles. The molecule has 2 heterocycles. The number of pyridine rings is 1. The van der Waals surface area contributed by atoms with Gasteiger partial charge in [0.05, 0.1) is 24.2 Å². The average molecular weight is 281 g/mol. The fraction of sp³-hybridized carbons (Fsp3) is 0.571. The van der Waals surface area contributed by atoms with Gasteiger partial charge in [0.15, 0.2) is 0 Å². The van der Waals surface area contributed by atoms with E-state index in [-0.39, 0.29) is 6.03 Å².